The minimum absolute atomic E-state index is 0.642. The molecule has 2 aromatic rings. The second-order valence-corrected chi connectivity index (χ2v) is 5.93. The van der Waals surface area contributed by atoms with E-state index >= 15 is 0 Å². The Hall–Kier alpha value is -1.20. The van der Waals surface area contributed by atoms with Crippen LogP contribution in [0.5, 0.6) is 0 Å². The molecule has 1 fully saturated rings. The van der Waals surface area contributed by atoms with E-state index in [1.165, 1.54) is 30.5 Å². The Balaban J connectivity index is 1.69. The fourth-order valence-corrected chi connectivity index (χ4v) is 3.65. The van der Waals surface area contributed by atoms with E-state index in [1.807, 2.05) is 6.07 Å². The van der Waals surface area contributed by atoms with Crippen molar-refractivity contribution in [2.45, 2.75) is 32.2 Å². The van der Waals surface area contributed by atoms with Crippen molar-refractivity contribution in [1.82, 2.24) is 14.9 Å². The average Bonchev–Trinajstić information content (AvgIpc) is 2.94. The Labute approximate surface area is 117 Å². The molecule has 1 aliphatic heterocycles. The predicted molar refractivity (Wildman–Crippen MR) is 80.8 cm³/mol. The highest BCUT2D eigenvalue weighted by Crippen LogP contribution is 2.25. The van der Waals surface area contributed by atoms with Crippen molar-refractivity contribution >= 4 is 27.4 Å². The molecular formula is C14H20N4S. The van der Waals surface area contributed by atoms with Gasteiger partial charge in [0.1, 0.15) is 12.1 Å². The number of piperidine rings is 1. The number of likely N-dealkylation sites (tertiary alicyclic amines) is 1. The quantitative estimate of drug-likeness (QED) is 0.932. The van der Waals surface area contributed by atoms with Gasteiger partial charge in [0.2, 0.25) is 0 Å². The maximum absolute atomic E-state index is 4.38. The van der Waals surface area contributed by atoms with Crippen LogP contribution in [0.1, 0.15) is 26.2 Å². The molecule has 1 atom stereocenters. The van der Waals surface area contributed by atoms with Gasteiger partial charge in [-0.05, 0) is 37.4 Å². The molecule has 4 nitrogen and oxygen atoms in total. The van der Waals surface area contributed by atoms with Gasteiger partial charge in [-0.1, -0.05) is 13.3 Å². The van der Waals surface area contributed by atoms with Crippen molar-refractivity contribution in [3.8, 4) is 0 Å². The van der Waals surface area contributed by atoms with Crippen LogP contribution in [0.25, 0.3) is 10.2 Å². The maximum Gasteiger partial charge on any atom is 0.147 e. The van der Waals surface area contributed by atoms with Gasteiger partial charge < -0.3 is 5.32 Å². The van der Waals surface area contributed by atoms with E-state index in [9.17, 15) is 0 Å². The molecule has 19 heavy (non-hydrogen) atoms. The molecule has 0 radical (unpaired) electrons. The smallest absolute Gasteiger partial charge is 0.147 e. The van der Waals surface area contributed by atoms with Crippen LogP contribution in [-0.4, -0.2) is 40.5 Å². The summed E-state index contributed by atoms with van der Waals surface area (Å²) in [6.45, 7) is 5.61. The summed E-state index contributed by atoms with van der Waals surface area (Å²) in [7, 11) is 0. The van der Waals surface area contributed by atoms with Crippen molar-refractivity contribution in [3.05, 3.63) is 17.8 Å². The summed E-state index contributed by atoms with van der Waals surface area (Å²) in [5.41, 5.74) is 1.04. The van der Waals surface area contributed by atoms with Crippen LogP contribution in [0.4, 0.5) is 5.82 Å². The van der Waals surface area contributed by atoms with Crippen molar-refractivity contribution < 1.29 is 0 Å². The van der Waals surface area contributed by atoms with Gasteiger partial charge in [-0.15, -0.1) is 11.3 Å². The van der Waals surface area contributed by atoms with Crippen LogP contribution in [0.3, 0.4) is 0 Å². The lowest BCUT2D eigenvalue weighted by molar-refractivity contribution is 0.164. The molecule has 1 N–H and O–H groups in total. The van der Waals surface area contributed by atoms with Crippen LogP contribution >= 0.6 is 11.3 Å². The zero-order valence-corrected chi connectivity index (χ0v) is 12.1. The molecule has 0 bridgehead atoms. The SMILES string of the molecule is CCN1CCCCC1CNc1ncnc2ccsc12. The Bertz CT molecular complexity index is 539. The fraction of sp³-hybridized carbons (Fsp3) is 0.571. The Morgan fingerprint density at radius 1 is 1.42 bits per heavy atom. The second kappa shape index (κ2) is 5.84. The molecule has 0 saturated carbocycles. The zero-order valence-electron chi connectivity index (χ0n) is 11.3. The first-order valence-electron chi connectivity index (χ1n) is 7.04. The van der Waals surface area contributed by atoms with E-state index < -0.39 is 0 Å². The average molecular weight is 276 g/mol. The van der Waals surface area contributed by atoms with Crippen LogP contribution in [-0.2, 0) is 0 Å². The number of hydrogen-bond donors (Lipinski definition) is 1. The Morgan fingerprint density at radius 2 is 2.37 bits per heavy atom. The molecular weight excluding hydrogens is 256 g/mol. The molecule has 3 heterocycles. The summed E-state index contributed by atoms with van der Waals surface area (Å²) in [6, 6.07) is 2.69. The first kappa shape index (κ1) is 12.8. The lowest BCUT2D eigenvalue weighted by Gasteiger charge is -2.35. The fourth-order valence-electron chi connectivity index (χ4n) is 2.84. The Kier molecular flexibility index (Phi) is 3.94. The van der Waals surface area contributed by atoms with E-state index in [0.717, 1.165) is 24.4 Å². The van der Waals surface area contributed by atoms with E-state index in [4.69, 9.17) is 0 Å². The normalized spacial score (nSPS) is 20.8. The molecule has 1 saturated heterocycles. The number of hydrogen-bond acceptors (Lipinski definition) is 5. The van der Waals surface area contributed by atoms with Crippen molar-refractivity contribution in [1.29, 1.82) is 0 Å². The summed E-state index contributed by atoms with van der Waals surface area (Å²) in [5, 5.41) is 5.60. The number of nitrogens with one attached hydrogen (secondary N) is 1. The molecule has 5 heteroatoms. The highest BCUT2D eigenvalue weighted by atomic mass is 32.1. The number of rotatable bonds is 4. The Morgan fingerprint density at radius 3 is 3.26 bits per heavy atom. The largest absolute Gasteiger partial charge is 0.367 e. The molecule has 2 aromatic heterocycles. The van der Waals surface area contributed by atoms with Gasteiger partial charge in [-0.2, -0.15) is 0 Å². The standard InChI is InChI=1S/C14H20N4S/c1-2-18-7-4-3-5-11(18)9-15-14-13-12(6-8-19-13)16-10-17-14/h6,8,10-11H,2-5,7,9H2,1H3,(H,15,16,17). The predicted octanol–water partition coefficient (Wildman–Crippen LogP) is 2.98. The molecule has 0 aromatic carbocycles. The molecule has 0 amide bonds. The minimum Gasteiger partial charge on any atom is -0.367 e. The topological polar surface area (TPSA) is 41.0 Å². The third kappa shape index (κ3) is 2.72. The summed E-state index contributed by atoms with van der Waals surface area (Å²) in [4.78, 5) is 11.2. The van der Waals surface area contributed by atoms with Crippen LogP contribution in [0, 0.1) is 0 Å². The molecule has 0 aliphatic carbocycles. The van der Waals surface area contributed by atoms with E-state index in [-0.39, 0.29) is 0 Å². The lowest BCUT2D eigenvalue weighted by atomic mass is 10.0. The van der Waals surface area contributed by atoms with Gasteiger partial charge in [0.15, 0.2) is 0 Å². The lowest BCUT2D eigenvalue weighted by Crippen LogP contribution is -2.43. The molecule has 0 spiro atoms. The number of thiophene rings is 1. The summed E-state index contributed by atoms with van der Waals surface area (Å²) >= 11 is 1.71. The molecule has 102 valence electrons. The van der Waals surface area contributed by atoms with Crippen LogP contribution < -0.4 is 5.32 Å². The molecule has 1 unspecified atom stereocenters. The van der Waals surface area contributed by atoms with Crippen molar-refractivity contribution in [3.63, 3.8) is 0 Å². The highest BCUT2D eigenvalue weighted by Gasteiger charge is 2.20. The first-order chi connectivity index (χ1) is 9.38. The number of nitrogens with zero attached hydrogens (tertiary/aromatic N) is 3. The third-order valence-corrected chi connectivity index (χ3v) is 4.81. The van der Waals surface area contributed by atoms with Gasteiger partial charge in [0.25, 0.3) is 0 Å². The summed E-state index contributed by atoms with van der Waals surface area (Å²) in [6.07, 6.45) is 5.63. The highest BCUT2D eigenvalue weighted by molar-refractivity contribution is 7.17. The summed E-state index contributed by atoms with van der Waals surface area (Å²) in [5.74, 6) is 0.988. The van der Waals surface area contributed by atoms with Gasteiger partial charge in [-0.3, -0.25) is 4.90 Å². The number of likely N-dealkylation sites (N-methyl/N-ethyl adjacent to an activating group) is 1. The summed E-state index contributed by atoms with van der Waals surface area (Å²) < 4.78 is 1.17. The monoisotopic (exact) mass is 276 g/mol. The molecule has 1 aliphatic rings. The third-order valence-electron chi connectivity index (χ3n) is 3.90. The van der Waals surface area contributed by atoms with E-state index in [1.54, 1.807) is 17.7 Å². The number of fused-ring (bicyclic) bond motifs is 1. The first-order valence-corrected chi connectivity index (χ1v) is 7.92. The maximum atomic E-state index is 4.38. The minimum atomic E-state index is 0.642. The second-order valence-electron chi connectivity index (χ2n) is 5.02. The van der Waals surface area contributed by atoms with Gasteiger partial charge >= 0.3 is 0 Å². The van der Waals surface area contributed by atoms with Gasteiger partial charge in [0, 0.05) is 12.6 Å². The van der Waals surface area contributed by atoms with Gasteiger partial charge in [0.05, 0.1) is 10.2 Å². The number of anilines is 1. The van der Waals surface area contributed by atoms with E-state index in [2.05, 4.69) is 32.5 Å². The van der Waals surface area contributed by atoms with Crippen LogP contribution in [0.2, 0.25) is 0 Å². The number of aromatic nitrogens is 2. The van der Waals surface area contributed by atoms with Crippen molar-refractivity contribution in [2.75, 3.05) is 25.0 Å². The molecule has 3 rings (SSSR count). The van der Waals surface area contributed by atoms with Crippen LogP contribution in [0.15, 0.2) is 17.8 Å². The van der Waals surface area contributed by atoms with Gasteiger partial charge in [-0.25, -0.2) is 9.97 Å². The zero-order chi connectivity index (χ0) is 13.1. The van der Waals surface area contributed by atoms with E-state index in [0.29, 0.717) is 6.04 Å². The van der Waals surface area contributed by atoms with Crippen molar-refractivity contribution in [2.24, 2.45) is 0 Å².